The van der Waals surface area contributed by atoms with Crippen molar-refractivity contribution in [3.63, 3.8) is 0 Å². The van der Waals surface area contributed by atoms with Gasteiger partial charge in [0.2, 0.25) is 0 Å². The average molecular weight is 254 g/mol. The second kappa shape index (κ2) is 4.17. The molecule has 3 rings (SSSR count). The molecule has 96 valence electrons. The summed E-state index contributed by atoms with van der Waals surface area (Å²) in [7, 11) is 0. The van der Waals surface area contributed by atoms with E-state index in [1.165, 1.54) is 4.90 Å². The van der Waals surface area contributed by atoms with Gasteiger partial charge in [-0.15, -0.1) is 0 Å². The SMILES string of the molecule is CCC1(O)c2ccccc2C(=O)N1c1ccccn1. The van der Waals surface area contributed by atoms with Crippen molar-refractivity contribution in [1.82, 2.24) is 4.98 Å². The quantitative estimate of drug-likeness (QED) is 0.894. The van der Waals surface area contributed by atoms with Crippen LogP contribution in [0.3, 0.4) is 0 Å². The Morgan fingerprint density at radius 2 is 1.95 bits per heavy atom. The Hall–Kier alpha value is -2.20. The van der Waals surface area contributed by atoms with Crippen LogP contribution in [0, 0.1) is 0 Å². The Kier molecular flexibility index (Phi) is 2.61. The van der Waals surface area contributed by atoms with E-state index in [9.17, 15) is 9.90 Å². The fraction of sp³-hybridized carbons (Fsp3) is 0.200. The first-order valence-electron chi connectivity index (χ1n) is 6.26. The van der Waals surface area contributed by atoms with Gasteiger partial charge in [0.05, 0.1) is 0 Å². The predicted octanol–water partition coefficient (Wildman–Crippen LogP) is 2.30. The van der Waals surface area contributed by atoms with Crippen LogP contribution in [0.5, 0.6) is 0 Å². The van der Waals surface area contributed by atoms with Gasteiger partial charge in [-0.25, -0.2) is 4.98 Å². The molecule has 0 radical (unpaired) electrons. The maximum absolute atomic E-state index is 12.5. The summed E-state index contributed by atoms with van der Waals surface area (Å²) in [5.41, 5.74) is -0.132. The number of rotatable bonds is 2. The lowest BCUT2D eigenvalue weighted by atomic mass is 9.99. The van der Waals surface area contributed by atoms with Gasteiger partial charge in [-0.2, -0.15) is 0 Å². The first-order chi connectivity index (χ1) is 9.18. The zero-order chi connectivity index (χ0) is 13.5. The Morgan fingerprint density at radius 3 is 2.63 bits per heavy atom. The van der Waals surface area contributed by atoms with E-state index in [2.05, 4.69) is 4.98 Å². The van der Waals surface area contributed by atoms with Crippen molar-refractivity contribution in [2.24, 2.45) is 0 Å². The number of fused-ring (bicyclic) bond motifs is 1. The molecule has 1 aliphatic heterocycles. The molecule has 2 heterocycles. The van der Waals surface area contributed by atoms with E-state index in [0.717, 1.165) is 0 Å². The smallest absolute Gasteiger partial charge is 0.262 e. The minimum Gasteiger partial charge on any atom is -0.366 e. The summed E-state index contributed by atoms with van der Waals surface area (Å²) in [5, 5.41) is 10.9. The number of amides is 1. The number of benzene rings is 1. The van der Waals surface area contributed by atoms with Gasteiger partial charge in [-0.3, -0.25) is 9.69 Å². The van der Waals surface area contributed by atoms with Crippen molar-refractivity contribution in [3.05, 3.63) is 59.8 Å². The van der Waals surface area contributed by atoms with Crippen molar-refractivity contribution in [2.75, 3.05) is 4.90 Å². The van der Waals surface area contributed by atoms with E-state index in [4.69, 9.17) is 0 Å². The minimum atomic E-state index is -1.32. The number of carbonyl (C=O) groups excluding carboxylic acids is 1. The van der Waals surface area contributed by atoms with Crippen molar-refractivity contribution >= 4 is 11.7 Å². The third-order valence-electron chi connectivity index (χ3n) is 3.53. The van der Waals surface area contributed by atoms with Gasteiger partial charge >= 0.3 is 0 Å². The summed E-state index contributed by atoms with van der Waals surface area (Å²) in [6.07, 6.45) is 2.02. The van der Waals surface area contributed by atoms with Crippen LogP contribution in [-0.4, -0.2) is 16.0 Å². The third-order valence-corrected chi connectivity index (χ3v) is 3.53. The second-order valence-electron chi connectivity index (χ2n) is 4.54. The van der Waals surface area contributed by atoms with Gasteiger partial charge in [-0.05, 0) is 24.6 Å². The molecule has 19 heavy (non-hydrogen) atoms. The topological polar surface area (TPSA) is 53.4 Å². The molecule has 4 nitrogen and oxygen atoms in total. The monoisotopic (exact) mass is 254 g/mol. The van der Waals surface area contributed by atoms with Crippen molar-refractivity contribution in [3.8, 4) is 0 Å². The number of anilines is 1. The number of aliphatic hydroxyl groups is 1. The zero-order valence-electron chi connectivity index (χ0n) is 10.6. The van der Waals surface area contributed by atoms with Crippen LogP contribution < -0.4 is 4.90 Å². The third kappa shape index (κ3) is 1.57. The number of hydrogen-bond donors (Lipinski definition) is 1. The predicted molar refractivity (Wildman–Crippen MR) is 71.7 cm³/mol. The molecule has 1 N–H and O–H groups in total. The molecule has 0 spiro atoms. The lowest BCUT2D eigenvalue weighted by Gasteiger charge is -2.32. The first kappa shape index (κ1) is 11.9. The van der Waals surface area contributed by atoms with Gasteiger partial charge in [0.15, 0.2) is 5.72 Å². The van der Waals surface area contributed by atoms with Gasteiger partial charge in [-0.1, -0.05) is 31.2 Å². The maximum atomic E-state index is 12.5. The molecule has 2 aromatic rings. The highest BCUT2D eigenvalue weighted by atomic mass is 16.3. The molecule has 0 fully saturated rings. The average Bonchev–Trinajstić information content (AvgIpc) is 2.70. The van der Waals surface area contributed by atoms with E-state index in [1.807, 2.05) is 13.0 Å². The molecule has 0 saturated carbocycles. The van der Waals surface area contributed by atoms with Gasteiger partial charge in [0.25, 0.3) is 5.91 Å². The molecule has 1 unspecified atom stereocenters. The fourth-order valence-electron chi connectivity index (χ4n) is 2.56. The maximum Gasteiger partial charge on any atom is 0.262 e. The summed E-state index contributed by atoms with van der Waals surface area (Å²) in [6, 6.07) is 12.5. The summed E-state index contributed by atoms with van der Waals surface area (Å²) in [5.74, 6) is 0.256. The second-order valence-corrected chi connectivity index (χ2v) is 4.54. The van der Waals surface area contributed by atoms with E-state index < -0.39 is 5.72 Å². The van der Waals surface area contributed by atoms with E-state index in [-0.39, 0.29) is 5.91 Å². The molecule has 0 saturated heterocycles. The molecule has 0 bridgehead atoms. The van der Waals surface area contributed by atoms with Gasteiger partial charge in [0, 0.05) is 17.3 Å². The zero-order valence-corrected chi connectivity index (χ0v) is 10.6. The van der Waals surface area contributed by atoms with Crippen molar-refractivity contribution in [2.45, 2.75) is 19.1 Å². The van der Waals surface area contributed by atoms with Crippen LogP contribution in [0.25, 0.3) is 0 Å². The molecule has 4 heteroatoms. The molecule has 0 aliphatic carbocycles. The van der Waals surface area contributed by atoms with E-state index in [1.54, 1.807) is 42.6 Å². The Labute approximate surface area is 111 Å². The van der Waals surface area contributed by atoms with Gasteiger partial charge < -0.3 is 5.11 Å². The van der Waals surface area contributed by atoms with Crippen LogP contribution in [0.1, 0.15) is 29.3 Å². The molecular formula is C15H14N2O2. The molecular weight excluding hydrogens is 240 g/mol. The lowest BCUT2D eigenvalue weighted by molar-refractivity contribution is 0.0352. The number of aromatic nitrogens is 1. The number of pyridine rings is 1. The molecule has 1 atom stereocenters. The lowest BCUT2D eigenvalue weighted by Crippen LogP contribution is -2.44. The molecule has 1 aromatic heterocycles. The van der Waals surface area contributed by atoms with Crippen molar-refractivity contribution in [1.29, 1.82) is 0 Å². The molecule has 1 aromatic carbocycles. The number of hydrogen-bond acceptors (Lipinski definition) is 3. The summed E-state index contributed by atoms with van der Waals surface area (Å²) in [4.78, 5) is 18.1. The standard InChI is InChI=1S/C15H14N2O2/c1-2-15(19)12-8-4-3-7-11(12)14(18)17(15)13-9-5-6-10-16-13/h3-10,19H,2H2,1H3. The Bertz CT molecular complexity index is 627. The largest absolute Gasteiger partial charge is 0.366 e. The van der Waals surface area contributed by atoms with Gasteiger partial charge in [0.1, 0.15) is 5.82 Å². The summed E-state index contributed by atoms with van der Waals surface area (Å²) in [6.45, 7) is 1.85. The fourth-order valence-corrected chi connectivity index (χ4v) is 2.56. The first-order valence-corrected chi connectivity index (χ1v) is 6.26. The number of nitrogens with zero attached hydrogens (tertiary/aromatic N) is 2. The number of carbonyl (C=O) groups is 1. The van der Waals surface area contributed by atoms with E-state index >= 15 is 0 Å². The highest BCUT2D eigenvalue weighted by Crippen LogP contribution is 2.41. The van der Waals surface area contributed by atoms with Crippen LogP contribution in [0.2, 0.25) is 0 Å². The van der Waals surface area contributed by atoms with Crippen LogP contribution in [-0.2, 0) is 5.72 Å². The summed E-state index contributed by atoms with van der Waals surface area (Å²) < 4.78 is 0. The highest BCUT2D eigenvalue weighted by Gasteiger charge is 2.48. The Morgan fingerprint density at radius 1 is 1.21 bits per heavy atom. The molecule has 1 aliphatic rings. The Balaban J connectivity index is 2.20. The normalized spacial score (nSPS) is 21.6. The highest BCUT2D eigenvalue weighted by molar-refractivity contribution is 6.11. The van der Waals surface area contributed by atoms with Crippen LogP contribution in [0.15, 0.2) is 48.7 Å². The van der Waals surface area contributed by atoms with E-state index in [0.29, 0.717) is 23.4 Å². The van der Waals surface area contributed by atoms with Crippen LogP contribution in [0.4, 0.5) is 5.82 Å². The molecule has 1 amide bonds. The summed E-state index contributed by atoms with van der Waals surface area (Å²) >= 11 is 0. The van der Waals surface area contributed by atoms with Crippen molar-refractivity contribution < 1.29 is 9.90 Å². The minimum absolute atomic E-state index is 0.210. The van der Waals surface area contributed by atoms with Crippen LogP contribution >= 0.6 is 0 Å².